The monoisotopic (exact) mass is 502 g/mol. The molecule has 11 nitrogen and oxygen atoms in total. The molecule has 12 heteroatoms. The normalized spacial score (nSPS) is 17.5. The van der Waals surface area contributed by atoms with Crippen molar-refractivity contribution < 1.29 is 23.7 Å². The molecular weight excluding hydrogens is 472 g/mol. The number of anilines is 1. The van der Waals surface area contributed by atoms with Crippen LogP contribution in [0.4, 0.5) is 5.95 Å². The van der Waals surface area contributed by atoms with Crippen LogP contribution in [-0.4, -0.2) is 71.1 Å². The van der Waals surface area contributed by atoms with Gasteiger partial charge >= 0.3 is 0 Å². The summed E-state index contributed by atoms with van der Waals surface area (Å²) in [5.74, 6) is 3.75. The van der Waals surface area contributed by atoms with Crippen LogP contribution < -0.4 is 18.9 Å². The average Bonchev–Trinajstić information content (AvgIpc) is 3.34. The van der Waals surface area contributed by atoms with Crippen molar-refractivity contribution in [3.05, 3.63) is 42.2 Å². The lowest BCUT2D eigenvalue weighted by Crippen LogP contribution is -2.25. The molecule has 2 aromatic heterocycles. The van der Waals surface area contributed by atoms with E-state index < -0.39 is 0 Å². The van der Waals surface area contributed by atoms with Gasteiger partial charge in [0.25, 0.3) is 0 Å². The van der Waals surface area contributed by atoms with Crippen LogP contribution in [-0.2, 0) is 9.47 Å². The molecule has 0 amide bonds. The number of hydrogen-bond donors (Lipinski definition) is 1. The molecule has 0 spiro atoms. The smallest absolute Gasteiger partial charge is 0.239 e. The molecule has 0 aliphatic carbocycles. The van der Waals surface area contributed by atoms with Crippen molar-refractivity contribution in [1.29, 1.82) is 0 Å². The van der Waals surface area contributed by atoms with Gasteiger partial charge in [-0.3, -0.25) is 9.29 Å². The molecule has 3 aromatic rings. The van der Waals surface area contributed by atoms with Gasteiger partial charge < -0.3 is 23.7 Å². The van der Waals surface area contributed by atoms with E-state index in [2.05, 4.69) is 38.7 Å². The molecule has 1 saturated heterocycles. The zero-order valence-corrected chi connectivity index (χ0v) is 21.2. The molecule has 3 atom stereocenters. The fourth-order valence-corrected chi connectivity index (χ4v) is 4.35. The molecule has 1 aliphatic rings. The molecule has 3 unspecified atom stereocenters. The quantitative estimate of drug-likeness (QED) is 0.411. The molecule has 1 fully saturated rings. The second-order valence-corrected chi connectivity index (χ2v) is 9.04. The van der Waals surface area contributed by atoms with Gasteiger partial charge in [-0.2, -0.15) is 0 Å². The highest BCUT2D eigenvalue weighted by Gasteiger charge is 2.29. The van der Waals surface area contributed by atoms with E-state index in [1.807, 2.05) is 22.8 Å². The van der Waals surface area contributed by atoms with Crippen LogP contribution in [0.1, 0.15) is 37.5 Å². The number of aromatic nitrogens is 5. The van der Waals surface area contributed by atoms with Gasteiger partial charge in [-0.05, 0) is 24.1 Å². The maximum atomic E-state index is 5.94. The Labute approximate surface area is 208 Å². The number of para-hydroxylation sites is 1. The number of nitrogens with one attached hydrogen (secondary N) is 1. The number of methoxy groups -OCH3 is 3. The van der Waals surface area contributed by atoms with E-state index in [1.54, 1.807) is 33.7 Å². The van der Waals surface area contributed by atoms with Crippen molar-refractivity contribution in [1.82, 2.24) is 24.7 Å². The molecule has 1 aromatic carbocycles. The highest BCUT2D eigenvalue weighted by atomic mass is 32.2. The van der Waals surface area contributed by atoms with E-state index in [0.717, 1.165) is 5.82 Å². The van der Waals surface area contributed by atoms with Crippen molar-refractivity contribution in [2.45, 2.75) is 31.1 Å². The van der Waals surface area contributed by atoms with Crippen molar-refractivity contribution in [2.24, 2.45) is 0 Å². The summed E-state index contributed by atoms with van der Waals surface area (Å²) in [5.41, 5.74) is 0.675. The van der Waals surface area contributed by atoms with Gasteiger partial charge in [0.1, 0.15) is 29.1 Å². The Morgan fingerprint density at radius 2 is 1.74 bits per heavy atom. The standard InChI is InChI=1S/C23H30N6O5S/c1-14(21-24-11-16(30-3)12-25-21)15(2)35-28-23-27-26-22(19-13-33-9-10-34-19)29(23)20-17(31-4)7-6-8-18(20)32-5/h6-8,11-12,14-15,19H,9-10,13H2,1-5H3,(H,27,28). The summed E-state index contributed by atoms with van der Waals surface area (Å²) < 4.78 is 33.3. The van der Waals surface area contributed by atoms with Crippen molar-refractivity contribution in [2.75, 3.05) is 45.9 Å². The predicted octanol–water partition coefficient (Wildman–Crippen LogP) is 3.42. The zero-order chi connectivity index (χ0) is 24.8. The summed E-state index contributed by atoms with van der Waals surface area (Å²) in [6.45, 7) is 5.58. The zero-order valence-electron chi connectivity index (χ0n) is 20.4. The average molecular weight is 503 g/mol. The van der Waals surface area contributed by atoms with Crippen LogP contribution in [0.25, 0.3) is 5.69 Å². The first-order chi connectivity index (χ1) is 17.1. The second-order valence-electron chi connectivity index (χ2n) is 7.86. The third-order valence-electron chi connectivity index (χ3n) is 5.75. The lowest BCUT2D eigenvalue weighted by atomic mass is 10.1. The fourth-order valence-electron chi connectivity index (χ4n) is 3.60. The summed E-state index contributed by atoms with van der Waals surface area (Å²) in [7, 11) is 4.82. The molecule has 35 heavy (non-hydrogen) atoms. The fraction of sp³-hybridized carbons (Fsp3) is 0.478. The molecule has 0 bridgehead atoms. The van der Waals surface area contributed by atoms with Crippen LogP contribution >= 0.6 is 11.9 Å². The number of rotatable bonds is 10. The molecule has 1 N–H and O–H groups in total. The Balaban J connectivity index is 1.63. The number of hydrogen-bond acceptors (Lipinski definition) is 11. The molecule has 3 heterocycles. The third kappa shape index (κ3) is 5.44. The van der Waals surface area contributed by atoms with E-state index in [0.29, 0.717) is 54.5 Å². The molecular formula is C23H30N6O5S. The lowest BCUT2D eigenvalue weighted by molar-refractivity contribution is -0.0941. The van der Waals surface area contributed by atoms with Crippen LogP contribution in [0.15, 0.2) is 30.6 Å². The van der Waals surface area contributed by atoms with Gasteiger partial charge in [-0.1, -0.05) is 19.9 Å². The number of benzene rings is 1. The summed E-state index contributed by atoms with van der Waals surface area (Å²) in [4.78, 5) is 8.85. The Morgan fingerprint density at radius 3 is 2.34 bits per heavy atom. The van der Waals surface area contributed by atoms with Crippen molar-refractivity contribution >= 4 is 17.9 Å². The molecule has 0 radical (unpaired) electrons. The minimum absolute atomic E-state index is 0.0603. The van der Waals surface area contributed by atoms with E-state index >= 15 is 0 Å². The van der Waals surface area contributed by atoms with E-state index in [-0.39, 0.29) is 17.3 Å². The van der Waals surface area contributed by atoms with Gasteiger partial charge in [0, 0.05) is 11.2 Å². The molecule has 0 saturated carbocycles. The lowest BCUT2D eigenvalue weighted by Gasteiger charge is -2.24. The van der Waals surface area contributed by atoms with Crippen LogP contribution in [0.3, 0.4) is 0 Å². The van der Waals surface area contributed by atoms with Gasteiger partial charge in [0.05, 0.1) is 53.5 Å². The van der Waals surface area contributed by atoms with Gasteiger partial charge in [0.15, 0.2) is 11.6 Å². The Bertz CT molecular complexity index is 1080. The Morgan fingerprint density at radius 1 is 1.03 bits per heavy atom. The summed E-state index contributed by atoms with van der Waals surface area (Å²) >= 11 is 1.50. The topological polar surface area (TPSA) is 115 Å². The predicted molar refractivity (Wildman–Crippen MR) is 132 cm³/mol. The maximum Gasteiger partial charge on any atom is 0.239 e. The second kappa shape index (κ2) is 11.6. The van der Waals surface area contributed by atoms with E-state index in [4.69, 9.17) is 23.7 Å². The Kier molecular flexibility index (Phi) is 8.26. The van der Waals surface area contributed by atoms with Crippen LogP contribution in [0, 0.1) is 0 Å². The minimum atomic E-state index is -0.379. The molecule has 1 aliphatic heterocycles. The van der Waals surface area contributed by atoms with Gasteiger partial charge in [0.2, 0.25) is 5.95 Å². The first-order valence-electron chi connectivity index (χ1n) is 11.2. The molecule has 4 rings (SSSR count). The molecule has 188 valence electrons. The van der Waals surface area contributed by atoms with Gasteiger partial charge in [-0.25, -0.2) is 9.97 Å². The third-order valence-corrected chi connectivity index (χ3v) is 6.83. The first kappa shape index (κ1) is 25.0. The van der Waals surface area contributed by atoms with Crippen LogP contribution in [0.5, 0.6) is 17.2 Å². The summed E-state index contributed by atoms with van der Waals surface area (Å²) in [5, 5.41) is 8.98. The van der Waals surface area contributed by atoms with E-state index in [1.165, 1.54) is 11.9 Å². The van der Waals surface area contributed by atoms with Crippen LogP contribution in [0.2, 0.25) is 0 Å². The van der Waals surface area contributed by atoms with Crippen molar-refractivity contribution in [3.63, 3.8) is 0 Å². The van der Waals surface area contributed by atoms with E-state index in [9.17, 15) is 0 Å². The largest absolute Gasteiger partial charge is 0.494 e. The van der Waals surface area contributed by atoms with Gasteiger partial charge in [-0.15, -0.1) is 10.2 Å². The summed E-state index contributed by atoms with van der Waals surface area (Å²) in [6.07, 6.45) is 2.97. The number of ether oxygens (including phenoxy) is 5. The van der Waals surface area contributed by atoms with Crippen molar-refractivity contribution in [3.8, 4) is 22.9 Å². The SMILES string of the molecule is COc1cnc(C(C)C(C)SNc2nnc(C3COCCO3)n2-c2c(OC)cccc2OC)nc1. The summed E-state index contributed by atoms with van der Waals surface area (Å²) in [6, 6.07) is 5.59. The number of nitrogens with zero attached hydrogens (tertiary/aromatic N) is 5. The highest BCUT2D eigenvalue weighted by molar-refractivity contribution is 8.01. The minimum Gasteiger partial charge on any atom is -0.494 e. The Hall–Kier alpha value is -3.09. The maximum absolute atomic E-state index is 5.94. The first-order valence-corrected chi connectivity index (χ1v) is 12.1. The highest BCUT2D eigenvalue weighted by Crippen LogP contribution is 2.38.